The van der Waals surface area contributed by atoms with Crippen LogP contribution in [0.2, 0.25) is 0 Å². The number of carbonyl (C=O) groups is 1. The summed E-state index contributed by atoms with van der Waals surface area (Å²) in [5.41, 5.74) is 0.198. The van der Waals surface area contributed by atoms with E-state index in [1.807, 2.05) is 0 Å². The second-order valence-electron chi connectivity index (χ2n) is 6.04. The topological polar surface area (TPSA) is 29.1 Å². The summed E-state index contributed by atoms with van der Waals surface area (Å²) in [5.74, 6) is 1.10. The predicted octanol–water partition coefficient (Wildman–Crippen LogP) is 3.59. The van der Waals surface area contributed by atoms with E-state index in [4.69, 9.17) is 0 Å². The van der Waals surface area contributed by atoms with Gasteiger partial charge in [-0.3, -0.25) is 4.79 Å². The molecule has 0 saturated carbocycles. The van der Waals surface area contributed by atoms with Crippen molar-refractivity contribution >= 4 is 21.8 Å². The van der Waals surface area contributed by atoms with Crippen LogP contribution in [0.15, 0.2) is 0 Å². The second-order valence-corrected chi connectivity index (χ2v) is 7.21. The molecule has 0 aliphatic carbocycles. The molecule has 0 saturated heterocycles. The van der Waals surface area contributed by atoms with Gasteiger partial charge in [0.05, 0.1) is 0 Å². The number of carbonyl (C=O) groups excluding carboxylic acids is 1. The van der Waals surface area contributed by atoms with Gasteiger partial charge in [0.25, 0.3) is 0 Å². The highest BCUT2D eigenvalue weighted by Gasteiger charge is 2.22. The Labute approximate surface area is 109 Å². The molecule has 0 aliphatic heterocycles. The highest BCUT2D eigenvalue weighted by atomic mass is 79.9. The summed E-state index contributed by atoms with van der Waals surface area (Å²) in [6, 6.07) is 0. The first-order valence-electron chi connectivity index (χ1n) is 6.05. The van der Waals surface area contributed by atoms with E-state index in [2.05, 4.69) is 62.8 Å². The van der Waals surface area contributed by atoms with Crippen LogP contribution in [-0.2, 0) is 4.79 Å². The molecule has 2 nitrogen and oxygen atoms in total. The van der Waals surface area contributed by atoms with Crippen LogP contribution in [0.25, 0.3) is 0 Å². The van der Waals surface area contributed by atoms with Gasteiger partial charge in [-0.05, 0) is 17.3 Å². The highest BCUT2D eigenvalue weighted by Crippen LogP contribution is 2.27. The number of hydrogen-bond donors (Lipinski definition) is 1. The van der Waals surface area contributed by atoms with Gasteiger partial charge in [0.1, 0.15) is 0 Å². The molecule has 0 aromatic carbocycles. The molecule has 0 aromatic rings. The number of amides is 1. The molecule has 0 fully saturated rings. The van der Waals surface area contributed by atoms with Crippen LogP contribution in [0.4, 0.5) is 0 Å². The molecule has 2 unspecified atom stereocenters. The van der Waals surface area contributed by atoms with Crippen LogP contribution in [0.3, 0.4) is 0 Å². The maximum absolute atomic E-state index is 11.7. The third-order valence-electron chi connectivity index (χ3n) is 3.19. The summed E-state index contributed by atoms with van der Waals surface area (Å²) in [7, 11) is 0. The molecule has 3 heteroatoms. The summed E-state index contributed by atoms with van der Waals surface area (Å²) < 4.78 is 0. The third kappa shape index (κ3) is 6.51. The molecule has 2 atom stereocenters. The molecule has 0 heterocycles. The maximum Gasteiger partial charge on any atom is 0.220 e. The molecular weight excluding hydrogens is 266 g/mol. The Balaban J connectivity index is 3.92. The molecule has 0 bridgehead atoms. The molecule has 0 radical (unpaired) electrons. The van der Waals surface area contributed by atoms with Crippen LogP contribution in [0.5, 0.6) is 0 Å². The lowest BCUT2D eigenvalue weighted by molar-refractivity contribution is -0.122. The average Bonchev–Trinajstić information content (AvgIpc) is 2.12. The van der Waals surface area contributed by atoms with Crippen LogP contribution < -0.4 is 5.32 Å². The van der Waals surface area contributed by atoms with E-state index in [-0.39, 0.29) is 11.3 Å². The number of alkyl halides is 1. The molecule has 0 aliphatic rings. The first-order chi connectivity index (χ1) is 7.14. The number of rotatable bonds is 5. The zero-order valence-corrected chi connectivity index (χ0v) is 13.0. The van der Waals surface area contributed by atoms with E-state index < -0.39 is 0 Å². The quantitative estimate of drug-likeness (QED) is 0.771. The minimum Gasteiger partial charge on any atom is -0.355 e. The number of hydrogen-bond acceptors (Lipinski definition) is 1. The summed E-state index contributed by atoms with van der Waals surface area (Å²) in [5, 5.41) is 2.98. The van der Waals surface area contributed by atoms with Crippen molar-refractivity contribution in [3.63, 3.8) is 0 Å². The van der Waals surface area contributed by atoms with Crippen LogP contribution >= 0.6 is 15.9 Å². The lowest BCUT2D eigenvalue weighted by Crippen LogP contribution is -2.34. The van der Waals surface area contributed by atoms with Gasteiger partial charge in [-0.25, -0.2) is 0 Å². The molecule has 96 valence electrons. The van der Waals surface area contributed by atoms with Crippen molar-refractivity contribution in [1.29, 1.82) is 0 Å². The van der Waals surface area contributed by atoms with Gasteiger partial charge < -0.3 is 5.32 Å². The zero-order chi connectivity index (χ0) is 12.9. The predicted molar refractivity (Wildman–Crippen MR) is 73.8 cm³/mol. The minimum atomic E-state index is 0.160. The van der Waals surface area contributed by atoms with Gasteiger partial charge in [0, 0.05) is 17.8 Å². The lowest BCUT2D eigenvalue weighted by atomic mass is 9.80. The van der Waals surface area contributed by atoms with Gasteiger partial charge in [0.2, 0.25) is 5.91 Å². The Bertz CT molecular complexity index is 220. The van der Waals surface area contributed by atoms with Crippen molar-refractivity contribution in [3.8, 4) is 0 Å². The molecule has 16 heavy (non-hydrogen) atoms. The standard InChI is InChI=1S/C13H26BrNO/c1-9(2)11(14)8-15-12(16)7-10(3)13(4,5)6/h9-11H,7-8H2,1-6H3,(H,15,16). The van der Waals surface area contributed by atoms with Crippen molar-refractivity contribution in [1.82, 2.24) is 5.32 Å². The van der Waals surface area contributed by atoms with Crippen molar-refractivity contribution in [2.45, 2.75) is 52.8 Å². The van der Waals surface area contributed by atoms with Crippen molar-refractivity contribution in [2.75, 3.05) is 6.54 Å². The maximum atomic E-state index is 11.7. The second kappa shape index (κ2) is 6.63. The Kier molecular flexibility index (Phi) is 6.61. The minimum absolute atomic E-state index is 0.160. The summed E-state index contributed by atoms with van der Waals surface area (Å²) in [6.45, 7) is 13.7. The molecule has 1 amide bonds. The van der Waals surface area contributed by atoms with Crippen LogP contribution in [-0.4, -0.2) is 17.3 Å². The Morgan fingerprint density at radius 2 is 1.75 bits per heavy atom. The van der Waals surface area contributed by atoms with E-state index in [9.17, 15) is 4.79 Å². The molecule has 0 rings (SSSR count). The van der Waals surface area contributed by atoms with Crippen molar-refractivity contribution < 1.29 is 4.79 Å². The molecule has 0 aromatic heterocycles. The van der Waals surface area contributed by atoms with Crippen molar-refractivity contribution in [3.05, 3.63) is 0 Å². The Morgan fingerprint density at radius 3 is 2.12 bits per heavy atom. The highest BCUT2D eigenvalue weighted by molar-refractivity contribution is 9.09. The van der Waals surface area contributed by atoms with Crippen molar-refractivity contribution in [2.24, 2.45) is 17.3 Å². The van der Waals surface area contributed by atoms with E-state index in [1.54, 1.807) is 0 Å². The monoisotopic (exact) mass is 291 g/mol. The van der Waals surface area contributed by atoms with Gasteiger partial charge in [-0.2, -0.15) is 0 Å². The normalized spacial score (nSPS) is 16.0. The lowest BCUT2D eigenvalue weighted by Gasteiger charge is -2.26. The first kappa shape index (κ1) is 16.0. The first-order valence-corrected chi connectivity index (χ1v) is 6.97. The van der Waals surface area contributed by atoms with Crippen LogP contribution in [0.1, 0.15) is 48.0 Å². The van der Waals surface area contributed by atoms with E-state index in [0.29, 0.717) is 29.6 Å². The van der Waals surface area contributed by atoms with Gasteiger partial charge in [-0.15, -0.1) is 0 Å². The summed E-state index contributed by atoms with van der Waals surface area (Å²) in [6.07, 6.45) is 0.612. The van der Waals surface area contributed by atoms with E-state index >= 15 is 0 Å². The smallest absolute Gasteiger partial charge is 0.220 e. The van der Waals surface area contributed by atoms with Gasteiger partial charge in [0.15, 0.2) is 0 Å². The van der Waals surface area contributed by atoms with Gasteiger partial charge in [-0.1, -0.05) is 57.5 Å². The third-order valence-corrected chi connectivity index (χ3v) is 4.57. The fourth-order valence-corrected chi connectivity index (χ4v) is 1.27. The average molecular weight is 292 g/mol. The molecule has 0 spiro atoms. The van der Waals surface area contributed by atoms with Gasteiger partial charge >= 0.3 is 0 Å². The number of halogens is 1. The Hall–Kier alpha value is -0.0500. The van der Waals surface area contributed by atoms with Crippen LogP contribution in [0, 0.1) is 17.3 Å². The largest absolute Gasteiger partial charge is 0.355 e. The van der Waals surface area contributed by atoms with E-state index in [1.165, 1.54) is 0 Å². The fraction of sp³-hybridized carbons (Fsp3) is 0.923. The zero-order valence-electron chi connectivity index (χ0n) is 11.4. The summed E-state index contributed by atoms with van der Waals surface area (Å²) >= 11 is 3.56. The molecule has 1 N–H and O–H groups in total. The fourth-order valence-electron chi connectivity index (χ4n) is 1.10. The number of nitrogens with one attached hydrogen (secondary N) is 1. The summed E-state index contributed by atoms with van der Waals surface area (Å²) in [4.78, 5) is 12.1. The molecular formula is C13H26BrNO. The Morgan fingerprint density at radius 1 is 1.25 bits per heavy atom. The van der Waals surface area contributed by atoms with E-state index in [0.717, 1.165) is 0 Å². The SMILES string of the molecule is CC(C)C(Br)CNC(=O)CC(C)C(C)(C)C.